The first-order valence-electron chi connectivity index (χ1n) is 8.19. The summed E-state index contributed by atoms with van der Waals surface area (Å²) in [4.78, 5) is 1.28. The highest BCUT2D eigenvalue weighted by Gasteiger charge is 2.20. The first kappa shape index (κ1) is 15.5. The summed E-state index contributed by atoms with van der Waals surface area (Å²) in [6, 6.07) is 17.3. The molecule has 0 heterocycles. The van der Waals surface area contributed by atoms with Crippen molar-refractivity contribution < 1.29 is 4.74 Å². The molecule has 116 valence electrons. The predicted octanol–water partition coefficient (Wildman–Crippen LogP) is 6.03. The average molecular weight is 312 g/mol. The van der Waals surface area contributed by atoms with Gasteiger partial charge in [0.15, 0.2) is 0 Å². The largest absolute Gasteiger partial charge is 0.489 e. The Hall–Kier alpha value is -1.41. The molecule has 0 unspecified atom stereocenters. The minimum Gasteiger partial charge on any atom is -0.489 e. The number of hydrogen-bond donors (Lipinski definition) is 0. The molecule has 0 aromatic heterocycles. The van der Waals surface area contributed by atoms with E-state index in [0.29, 0.717) is 12.0 Å². The van der Waals surface area contributed by atoms with E-state index in [1.54, 1.807) is 0 Å². The molecule has 0 N–H and O–H groups in total. The molecule has 0 amide bonds. The molecule has 1 aliphatic carbocycles. The second kappa shape index (κ2) is 7.23. The van der Waals surface area contributed by atoms with Crippen LogP contribution in [0.5, 0.6) is 5.75 Å². The maximum absolute atomic E-state index is 6.18. The van der Waals surface area contributed by atoms with Crippen molar-refractivity contribution in [3.63, 3.8) is 0 Å². The number of benzene rings is 2. The zero-order valence-electron chi connectivity index (χ0n) is 13.4. The van der Waals surface area contributed by atoms with Crippen LogP contribution >= 0.6 is 11.8 Å². The van der Waals surface area contributed by atoms with Crippen molar-refractivity contribution in [2.75, 3.05) is 0 Å². The van der Waals surface area contributed by atoms with Crippen LogP contribution in [0.15, 0.2) is 53.4 Å². The molecule has 22 heavy (non-hydrogen) atoms. The Morgan fingerprint density at radius 1 is 1.09 bits per heavy atom. The quantitative estimate of drug-likeness (QED) is 0.602. The van der Waals surface area contributed by atoms with Crippen LogP contribution in [0.1, 0.15) is 50.2 Å². The lowest BCUT2D eigenvalue weighted by Gasteiger charge is -2.27. The van der Waals surface area contributed by atoms with E-state index < -0.39 is 0 Å². The Balaban J connectivity index is 1.76. The molecule has 0 saturated heterocycles. The summed E-state index contributed by atoms with van der Waals surface area (Å²) in [6.45, 7) is 4.49. The van der Waals surface area contributed by atoms with E-state index >= 15 is 0 Å². The first-order chi connectivity index (χ1) is 10.7. The van der Waals surface area contributed by atoms with E-state index in [1.807, 2.05) is 11.8 Å². The fourth-order valence-corrected chi connectivity index (χ4v) is 3.49. The molecule has 3 rings (SSSR count). The Kier molecular flexibility index (Phi) is 5.09. The summed E-state index contributed by atoms with van der Waals surface area (Å²) in [7, 11) is 0. The summed E-state index contributed by atoms with van der Waals surface area (Å²) >= 11 is 1.88. The van der Waals surface area contributed by atoms with E-state index in [1.165, 1.54) is 35.3 Å². The molecule has 1 aliphatic rings. The zero-order chi connectivity index (χ0) is 15.4. The molecule has 0 spiro atoms. The summed E-state index contributed by atoms with van der Waals surface area (Å²) in [5, 5.41) is 0. The van der Waals surface area contributed by atoms with E-state index in [9.17, 15) is 0 Å². The summed E-state index contributed by atoms with van der Waals surface area (Å²) in [6.07, 6.45) is 4.14. The van der Waals surface area contributed by atoms with Crippen molar-refractivity contribution in [2.24, 2.45) is 0 Å². The van der Waals surface area contributed by atoms with Crippen molar-refractivity contribution in [3.8, 4) is 5.75 Å². The highest BCUT2D eigenvalue weighted by Crippen LogP contribution is 2.37. The Labute approximate surface area is 138 Å². The Morgan fingerprint density at radius 2 is 1.86 bits per heavy atom. The third-order valence-corrected chi connectivity index (χ3v) is 5.33. The van der Waals surface area contributed by atoms with E-state index in [-0.39, 0.29) is 0 Å². The Morgan fingerprint density at radius 3 is 2.50 bits per heavy atom. The third-order valence-electron chi connectivity index (χ3n) is 4.22. The molecule has 2 heteroatoms. The van der Waals surface area contributed by atoms with Gasteiger partial charge in [-0.1, -0.05) is 50.2 Å². The van der Waals surface area contributed by atoms with Gasteiger partial charge in [-0.05, 0) is 48.4 Å². The fourth-order valence-electron chi connectivity index (χ4n) is 2.50. The number of ether oxygens (including phenoxy) is 1. The molecular weight excluding hydrogens is 288 g/mol. The normalized spacial score (nSPS) is 14.9. The van der Waals surface area contributed by atoms with Gasteiger partial charge in [-0.25, -0.2) is 0 Å². The van der Waals surface area contributed by atoms with Crippen molar-refractivity contribution in [1.82, 2.24) is 0 Å². The van der Waals surface area contributed by atoms with Gasteiger partial charge in [0, 0.05) is 10.6 Å². The maximum atomic E-state index is 6.18. The lowest BCUT2D eigenvalue weighted by Crippen LogP contribution is -2.24. The predicted molar refractivity (Wildman–Crippen MR) is 94.8 cm³/mol. The van der Waals surface area contributed by atoms with E-state index in [4.69, 9.17) is 4.74 Å². The fraction of sp³-hybridized carbons (Fsp3) is 0.400. The minimum absolute atomic E-state index is 0.431. The van der Waals surface area contributed by atoms with Crippen molar-refractivity contribution in [3.05, 3.63) is 59.7 Å². The summed E-state index contributed by atoms with van der Waals surface area (Å²) < 4.78 is 6.18. The van der Waals surface area contributed by atoms with Crippen LogP contribution in [0.2, 0.25) is 0 Å². The van der Waals surface area contributed by atoms with Gasteiger partial charge in [-0.15, -0.1) is 11.8 Å². The van der Waals surface area contributed by atoms with Crippen LogP contribution in [0, 0.1) is 0 Å². The standard InChI is InChI=1S/C20H24OS/c1-15(2)17-11-12-19(21-18-9-6-10-18)20(13-17)22-14-16-7-4-3-5-8-16/h3-5,7-8,11-13,15,18H,6,9-10,14H2,1-2H3. The van der Waals surface area contributed by atoms with Gasteiger partial charge in [-0.3, -0.25) is 0 Å². The summed E-state index contributed by atoms with van der Waals surface area (Å²) in [5.41, 5.74) is 2.74. The van der Waals surface area contributed by atoms with Gasteiger partial charge in [-0.2, -0.15) is 0 Å². The van der Waals surface area contributed by atoms with Gasteiger partial charge in [0.1, 0.15) is 5.75 Å². The van der Waals surface area contributed by atoms with Crippen LogP contribution in [-0.4, -0.2) is 6.10 Å². The van der Waals surface area contributed by atoms with Crippen molar-refractivity contribution in [1.29, 1.82) is 0 Å². The van der Waals surface area contributed by atoms with Crippen LogP contribution in [0.25, 0.3) is 0 Å². The molecule has 2 aromatic carbocycles. The van der Waals surface area contributed by atoms with E-state index in [0.717, 1.165) is 11.5 Å². The molecule has 0 aliphatic heterocycles. The number of rotatable bonds is 6. The highest BCUT2D eigenvalue weighted by molar-refractivity contribution is 7.98. The molecule has 1 nitrogen and oxygen atoms in total. The van der Waals surface area contributed by atoms with E-state index in [2.05, 4.69) is 62.4 Å². The SMILES string of the molecule is CC(C)c1ccc(OC2CCC2)c(SCc2ccccc2)c1. The number of hydrogen-bond acceptors (Lipinski definition) is 2. The molecule has 0 atom stereocenters. The lowest BCUT2D eigenvalue weighted by molar-refractivity contribution is 0.117. The van der Waals surface area contributed by atoms with Gasteiger partial charge < -0.3 is 4.74 Å². The third kappa shape index (κ3) is 3.86. The van der Waals surface area contributed by atoms with Crippen LogP contribution in [0.3, 0.4) is 0 Å². The van der Waals surface area contributed by atoms with Crippen LogP contribution in [0.4, 0.5) is 0 Å². The molecular formula is C20H24OS. The molecule has 1 fully saturated rings. The van der Waals surface area contributed by atoms with Gasteiger partial charge in [0.2, 0.25) is 0 Å². The maximum Gasteiger partial charge on any atom is 0.133 e. The van der Waals surface area contributed by atoms with Gasteiger partial charge in [0.05, 0.1) is 6.10 Å². The van der Waals surface area contributed by atoms with Crippen molar-refractivity contribution in [2.45, 2.75) is 55.8 Å². The second-order valence-corrected chi connectivity index (χ2v) is 7.32. The summed E-state index contributed by atoms with van der Waals surface area (Å²) in [5.74, 6) is 2.60. The monoisotopic (exact) mass is 312 g/mol. The van der Waals surface area contributed by atoms with Gasteiger partial charge >= 0.3 is 0 Å². The first-order valence-corrected chi connectivity index (χ1v) is 9.18. The molecule has 2 aromatic rings. The second-order valence-electron chi connectivity index (χ2n) is 6.31. The average Bonchev–Trinajstić information content (AvgIpc) is 2.50. The van der Waals surface area contributed by atoms with Crippen LogP contribution in [-0.2, 0) is 5.75 Å². The number of thioether (sulfide) groups is 1. The topological polar surface area (TPSA) is 9.23 Å². The van der Waals surface area contributed by atoms with Crippen molar-refractivity contribution >= 4 is 11.8 Å². The molecule has 0 bridgehead atoms. The molecule has 0 radical (unpaired) electrons. The molecule has 1 saturated carbocycles. The lowest BCUT2D eigenvalue weighted by atomic mass is 9.96. The highest BCUT2D eigenvalue weighted by atomic mass is 32.2. The minimum atomic E-state index is 0.431. The van der Waals surface area contributed by atoms with Gasteiger partial charge in [0.25, 0.3) is 0 Å². The smallest absolute Gasteiger partial charge is 0.133 e. The zero-order valence-corrected chi connectivity index (χ0v) is 14.2. The Bertz CT molecular complexity index is 602. The van der Waals surface area contributed by atoms with Crippen LogP contribution < -0.4 is 4.74 Å².